The quantitative estimate of drug-likeness (QED) is 0.0891. The van der Waals surface area contributed by atoms with Gasteiger partial charge in [-0.05, 0) is 48.4 Å². The molecule has 4 amide bonds. The van der Waals surface area contributed by atoms with Gasteiger partial charge < -0.3 is 33.0 Å². The fourth-order valence-electron chi connectivity index (χ4n) is 6.75. The van der Waals surface area contributed by atoms with E-state index in [-0.39, 0.29) is 37.2 Å². The van der Waals surface area contributed by atoms with Gasteiger partial charge in [0.25, 0.3) is 11.8 Å². The van der Waals surface area contributed by atoms with E-state index in [1.165, 1.54) is 28.4 Å². The van der Waals surface area contributed by atoms with E-state index in [1.54, 1.807) is 12.3 Å². The number of fused-ring (bicyclic) bond motifs is 4. The highest BCUT2D eigenvalue weighted by Gasteiger charge is 2.44. The van der Waals surface area contributed by atoms with Crippen LogP contribution in [0.3, 0.4) is 0 Å². The molecule has 3 aromatic carbocycles. The number of nitrogens with zero attached hydrogens (tertiary/aromatic N) is 3. The molecule has 292 valence electrons. The van der Waals surface area contributed by atoms with Crippen LogP contribution in [-0.2, 0) is 35.6 Å². The number of carbonyl (C=O) groups is 4. The van der Waals surface area contributed by atoms with E-state index >= 15 is 0 Å². The Bertz CT molecular complexity index is 2260. The van der Waals surface area contributed by atoms with E-state index in [2.05, 4.69) is 58.3 Å². The molecule has 56 heavy (non-hydrogen) atoms. The second kappa shape index (κ2) is 18.0. The van der Waals surface area contributed by atoms with Crippen LogP contribution in [0.4, 0.5) is 0 Å². The van der Waals surface area contributed by atoms with Gasteiger partial charge in [0.2, 0.25) is 17.7 Å². The van der Waals surface area contributed by atoms with Crippen molar-refractivity contribution in [2.24, 2.45) is 7.05 Å². The van der Waals surface area contributed by atoms with Crippen LogP contribution < -0.4 is 14.8 Å². The molecule has 5 aromatic rings. The van der Waals surface area contributed by atoms with Crippen molar-refractivity contribution in [3.05, 3.63) is 89.1 Å². The third-order valence-electron chi connectivity index (χ3n) is 9.55. The molecule has 1 N–H and O–H groups in total. The number of carbonyl (C=O) groups excluding carboxylic acids is 4. The number of hydrogen-bond acceptors (Lipinski definition) is 11. The van der Waals surface area contributed by atoms with Crippen LogP contribution in [0.25, 0.3) is 32.9 Å². The molecule has 2 aliphatic rings. The lowest BCUT2D eigenvalue weighted by Gasteiger charge is -2.27. The van der Waals surface area contributed by atoms with Crippen LogP contribution in [0.1, 0.15) is 33.6 Å². The number of aryl methyl sites for hydroxylation is 1. The Hall–Kier alpha value is -5.38. The smallest absolute Gasteiger partial charge is 0.262 e. The van der Waals surface area contributed by atoms with Crippen molar-refractivity contribution in [2.75, 3.05) is 66.1 Å². The zero-order valence-corrected chi connectivity index (χ0v) is 31.5. The SMILES string of the molecule is Cn1c2ccccc2c2ccc(-c3cnc(OCCOCCOCCOCCOCCOc4ccc5c(c4)C(=O)N(C4CCC(=O)NC4=O)C5=O)c(Cl)c3)cc21. The zero-order chi connectivity index (χ0) is 39.0. The number of piperidine rings is 1. The summed E-state index contributed by atoms with van der Waals surface area (Å²) in [5.41, 5.74) is 4.59. The molecule has 1 atom stereocenters. The fourth-order valence-corrected chi connectivity index (χ4v) is 6.97. The minimum Gasteiger partial charge on any atom is -0.491 e. The summed E-state index contributed by atoms with van der Waals surface area (Å²) in [5, 5.41) is 5.04. The van der Waals surface area contributed by atoms with E-state index in [0.29, 0.717) is 69.5 Å². The van der Waals surface area contributed by atoms with Gasteiger partial charge in [-0.1, -0.05) is 41.9 Å². The summed E-state index contributed by atoms with van der Waals surface area (Å²) in [6.45, 7) is 3.48. The van der Waals surface area contributed by atoms with Crippen molar-refractivity contribution in [3.63, 3.8) is 0 Å². The molecule has 0 spiro atoms. The first-order chi connectivity index (χ1) is 27.3. The van der Waals surface area contributed by atoms with Gasteiger partial charge >= 0.3 is 0 Å². The Kier molecular flexibility index (Phi) is 12.5. The van der Waals surface area contributed by atoms with Gasteiger partial charge in [-0.25, -0.2) is 4.98 Å². The third-order valence-corrected chi connectivity index (χ3v) is 9.82. The number of aromatic nitrogens is 2. The average Bonchev–Trinajstić information content (AvgIpc) is 3.62. The van der Waals surface area contributed by atoms with E-state index in [0.717, 1.165) is 21.5 Å². The number of ether oxygens (including phenoxy) is 6. The highest BCUT2D eigenvalue weighted by atomic mass is 35.5. The second-order valence-electron chi connectivity index (χ2n) is 13.1. The van der Waals surface area contributed by atoms with Gasteiger partial charge in [-0.3, -0.25) is 29.4 Å². The molecule has 0 aliphatic carbocycles. The molecule has 0 bridgehead atoms. The molecule has 14 nitrogen and oxygen atoms in total. The third kappa shape index (κ3) is 8.69. The molecule has 15 heteroatoms. The Morgan fingerprint density at radius 2 is 1.34 bits per heavy atom. The van der Waals surface area contributed by atoms with Crippen molar-refractivity contribution in [3.8, 4) is 22.8 Å². The van der Waals surface area contributed by atoms with Gasteiger partial charge in [0.05, 0.1) is 64.0 Å². The molecule has 1 unspecified atom stereocenters. The molecule has 1 saturated heterocycles. The predicted octanol–water partition coefficient (Wildman–Crippen LogP) is 4.97. The largest absolute Gasteiger partial charge is 0.491 e. The Balaban J connectivity index is 0.704. The zero-order valence-electron chi connectivity index (χ0n) is 30.8. The molecule has 1 fully saturated rings. The summed E-state index contributed by atoms with van der Waals surface area (Å²) in [5.74, 6) is -1.49. The summed E-state index contributed by atoms with van der Waals surface area (Å²) < 4.78 is 35.8. The van der Waals surface area contributed by atoms with Crippen molar-refractivity contribution in [2.45, 2.75) is 18.9 Å². The lowest BCUT2D eigenvalue weighted by molar-refractivity contribution is -0.136. The molecule has 0 saturated carbocycles. The minimum absolute atomic E-state index is 0.0593. The van der Waals surface area contributed by atoms with Gasteiger partial charge in [-0.15, -0.1) is 0 Å². The monoisotopic (exact) mass is 784 g/mol. The highest BCUT2D eigenvalue weighted by Crippen LogP contribution is 2.34. The second-order valence-corrected chi connectivity index (χ2v) is 13.5. The van der Waals surface area contributed by atoms with E-state index < -0.39 is 29.7 Å². The molecule has 2 aromatic heterocycles. The standard InChI is InChI=1S/C41H41ClN4O10/c1-45-34-5-3-2-4-29(34)30-8-6-26(23-36(30)45)27-22-33(42)39(43-25-27)56-21-19-54-17-15-52-13-12-51-14-16-53-18-20-55-28-7-9-31-32(24-28)41(50)46(40(31)49)35-10-11-37(47)44-38(35)48/h2-9,22-25,35H,10-21H2,1H3,(H,44,47,48). The number of amides is 4. The molecular weight excluding hydrogens is 744 g/mol. The maximum Gasteiger partial charge on any atom is 0.262 e. The number of benzene rings is 3. The van der Waals surface area contributed by atoms with Crippen molar-refractivity contribution in [1.29, 1.82) is 0 Å². The van der Waals surface area contributed by atoms with Crippen molar-refractivity contribution in [1.82, 2.24) is 19.8 Å². The number of imide groups is 2. The highest BCUT2D eigenvalue weighted by molar-refractivity contribution is 6.32. The number of rotatable bonds is 19. The molecular formula is C41H41ClN4O10. The first-order valence-electron chi connectivity index (χ1n) is 18.4. The van der Waals surface area contributed by atoms with Crippen LogP contribution in [0.5, 0.6) is 11.6 Å². The number of hydrogen-bond donors (Lipinski definition) is 1. The first-order valence-corrected chi connectivity index (χ1v) is 18.7. The van der Waals surface area contributed by atoms with E-state index in [4.69, 9.17) is 40.0 Å². The van der Waals surface area contributed by atoms with Crippen molar-refractivity contribution >= 4 is 57.0 Å². The topological polar surface area (TPSA) is 157 Å². The van der Waals surface area contributed by atoms with Gasteiger partial charge in [-0.2, -0.15) is 0 Å². The van der Waals surface area contributed by atoms with Gasteiger partial charge in [0, 0.05) is 47.0 Å². The number of halogens is 1. The van der Waals surface area contributed by atoms with Crippen LogP contribution in [0, 0.1) is 0 Å². The maximum absolute atomic E-state index is 13.0. The molecule has 7 rings (SSSR count). The molecule has 0 radical (unpaired) electrons. The summed E-state index contributed by atoms with van der Waals surface area (Å²) >= 11 is 6.52. The predicted molar refractivity (Wildman–Crippen MR) is 206 cm³/mol. The summed E-state index contributed by atoms with van der Waals surface area (Å²) in [4.78, 5) is 54.9. The van der Waals surface area contributed by atoms with Gasteiger partial charge in [0.15, 0.2) is 0 Å². The average molecular weight is 785 g/mol. The summed E-state index contributed by atoms with van der Waals surface area (Å²) in [6, 6.07) is 20.1. The van der Waals surface area contributed by atoms with E-state index in [9.17, 15) is 19.2 Å². The lowest BCUT2D eigenvalue weighted by Crippen LogP contribution is -2.54. The van der Waals surface area contributed by atoms with Crippen LogP contribution in [0.15, 0.2) is 72.9 Å². The maximum atomic E-state index is 13.0. The van der Waals surface area contributed by atoms with Gasteiger partial charge in [0.1, 0.15) is 30.0 Å². The first kappa shape index (κ1) is 38.9. The lowest BCUT2D eigenvalue weighted by atomic mass is 10.0. The van der Waals surface area contributed by atoms with E-state index in [1.807, 2.05) is 12.1 Å². The normalized spacial score (nSPS) is 15.5. The Labute approximate surface area is 327 Å². The fraction of sp³-hybridized carbons (Fsp3) is 0.341. The van der Waals surface area contributed by atoms with Crippen LogP contribution >= 0.6 is 11.6 Å². The minimum atomic E-state index is -1.02. The van der Waals surface area contributed by atoms with Crippen LogP contribution in [0.2, 0.25) is 5.02 Å². The number of pyridine rings is 1. The van der Waals surface area contributed by atoms with Crippen molar-refractivity contribution < 1.29 is 47.6 Å². The van der Waals surface area contributed by atoms with Crippen LogP contribution in [-0.4, -0.2) is 110 Å². The Morgan fingerprint density at radius 3 is 2.04 bits per heavy atom. The molecule has 2 aliphatic heterocycles. The Morgan fingerprint density at radius 1 is 0.696 bits per heavy atom. The summed E-state index contributed by atoms with van der Waals surface area (Å²) in [6.07, 6.45) is 1.92. The number of para-hydroxylation sites is 1. The number of nitrogens with one attached hydrogen (secondary N) is 1. The molecule has 4 heterocycles. The summed E-state index contributed by atoms with van der Waals surface area (Å²) in [7, 11) is 2.07.